The van der Waals surface area contributed by atoms with Crippen LogP contribution in [0.2, 0.25) is 0 Å². The molecule has 0 bridgehead atoms. The lowest BCUT2D eigenvalue weighted by molar-refractivity contribution is 0.0944. The van der Waals surface area contributed by atoms with Crippen LogP contribution in [0.3, 0.4) is 0 Å². The molecule has 0 saturated heterocycles. The average Bonchev–Trinajstić information content (AvgIpc) is 2.77. The van der Waals surface area contributed by atoms with Crippen LogP contribution in [0, 0.1) is 0 Å². The van der Waals surface area contributed by atoms with Crippen LogP contribution in [-0.2, 0) is 0 Å². The van der Waals surface area contributed by atoms with E-state index in [9.17, 15) is 4.79 Å². The highest BCUT2D eigenvalue weighted by molar-refractivity contribution is 7.99. The summed E-state index contributed by atoms with van der Waals surface area (Å²) in [6.07, 6.45) is 4.13. The second-order valence-corrected chi connectivity index (χ2v) is 6.81. The highest BCUT2D eigenvalue weighted by Crippen LogP contribution is 2.30. The fraction of sp³-hybridized carbons (Fsp3) is 0.462. The maximum Gasteiger partial charge on any atom is 0.263 e. The molecule has 0 aliphatic carbocycles. The van der Waals surface area contributed by atoms with Gasteiger partial charge in [0.2, 0.25) is 0 Å². The van der Waals surface area contributed by atoms with Crippen LogP contribution in [0.1, 0.15) is 29.9 Å². The monoisotopic (exact) mass is 310 g/mol. The number of hydrogen-bond acceptors (Lipinski definition) is 6. The number of amides is 1. The molecule has 7 heteroatoms. The minimum atomic E-state index is -0.138. The largest absolute Gasteiger partial charge is 0.396 e. The third-order valence-corrected chi connectivity index (χ3v) is 4.88. The number of rotatable bonds is 6. The summed E-state index contributed by atoms with van der Waals surface area (Å²) in [7, 11) is 0. The summed E-state index contributed by atoms with van der Waals surface area (Å²) in [6.45, 7) is 4.14. The number of hydrogen-bond donors (Lipinski definition) is 2. The van der Waals surface area contributed by atoms with Gasteiger partial charge in [0.05, 0.1) is 5.69 Å². The third kappa shape index (κ3) is 3.40. The van der Waals surface area contributed by atoms with E-state index >= 15 is 0 Å². The predicted octanol–water partition coefficient (Wildman–Crippen LogP) is 2.53. The van der Waals surface area contributed by atoms with E-state index in [4.69, 9.17) is 5.73 Å². The summed E-state index contributed by atoms with van der Waals surface area (Å²) in [5.41, 5.74) is 7.01. The SMILES string of the molecule is CCSCCC(C)NC(=O)c1sc2nccnc2c1N. The molecule has 20 heavy (non-hydrogen) atoms. The number of anilines is 1. The van der Waals surface area contributed by atoms with Gasteiger partial charge in [-0.2, -0.15) is 11.8 Å². The number of nitrogens with two attached hydrogens (primary N) is 1. The first-order valence-corrected chi connectivity index (χ1v) is 8.48. The van der Waals surface area contributed by atoms with E-state index in [-0.39, 0.29) is 11.9 Å². The molecule has 2 aromatic rings. The van der Waals surface area contributed by atoms with Crippen LogP contribution >= 0.6 is 23.1 Å². The van der Waals surface area contributed by atoms with Crippen molar-refractivity contribution >= 4 is 45.0 Å². The smallest absolute Gasteiger partial charge is 0.263 e. The van der Waals surface area contributed by atoms with Gasteiger partial charge in [-0.1, -0.05) is 6.92 Å². The lowest BCUT2D eigenvalue weighted by atomic mass is 10.2. The molecule has 108 valence electrons. The Morgan fingerprint density at radius 3 is 2.95 bits per heavy atom. The molecule has 0 saturated carbocycles. The Morgan fingerprint density at radius 2 is 2.25 bits per heavy atom. The molecule has 0 aromatic carbocycles. The minimum Gasteiger partial charge on any atom is -0.396 e. The average molecular weight is 310 g/mol. The van der Waals surface area contributed by atoms with Gasteiger partial charge in [0, 0.05) is 18.4 Å². The zero-order valence-corrected chi connectivity index (χ0v) is 13.2. The lowest BCUT2D eigenvalue weighted by Gasteiger charge is -2.12. The van der Waals surface area contributed by atoms with E-state index in [0.29, 0.717) is 20.9 Å². The van der Waals surface area contributed by atoms with E-state index in [1.165, 1.54) is 11.3 Å². The fourth-order valence-electron chi connectivity index (χ4n) is 1.78. The maximum absolute atomic E-state index is 12.2. The summed E-state index contributed by atoms with van der Waals surface area (Å²) < 4.78 is 0. The normalized spacial score (nSPS) is 12.5. The summed E-state index contributed by atoms with van der Waals surface area (Å²) >= 11 is 3.16. The molecular formula is C13H18N4OS2. The highest BCUT2D eigenvalue weighted by Gasteiger charge is 2.19. The lowest BCUT2D eigenvalue weighted by Crippen LogP contribution is -2.32. The Morgan fingerprint density at radius 1 is 1.50 bits per heavy atom. The second kappa shape index (κ2) is 6.90. The van der Waals surface area contributed by atoms with Crippen molar-refractivity contribution in [1.29, 1.82) is 0 Å². The number of carbonyl (C=O) groups is 1. The zero-order chi connectivity index (χ0) is 14.5. The van der Waals surface area contributed by atoms with Gasteiger partial charge in [0.25, 0.3) is 5.91 Å². The number of nitrogens with zero attached hydrogens (tertiary/aromatic N) is 2. The van der Waals surface area contributed by atoms with Gasteiger partial charge in [0.15, 0.2) is 0 Å². The number of fused-ring (bicyclic) bond motifs is 1. The standard InChI is InChI=1S/C13H18N4OS2/c1-3-19-7-4-8(2)17-12(18)11-9(14)10-13(20-11)16-6-5-15-10/h5-6,8H,3-4,7,14H2,1-2H3,(H,17,18). The topological polar surface area (TPSA) is 80.9 Å². The van der Waals surface area contributed by atoms with E-state index in [0.717, 1.165) is 17.9 Å². The van der Waals surface area contributed by atoms with Gasteiger partial charge in [0.1, 0.15) is 15.2 Å². The number of carbonyl (C=O) groups excluding carboxylic acids is 1. The molecule has 1 amide bonds. The third-order valence-electron chi connectivity index (χ3n) is 2.85. The van der Waals surface area contributed by atoms with Crippen LogP contribution in [-0.4, -0.2) is 33.4 Å². The highest BCUT2D eigenvalue weighted by atomic mass is 32.2. The van der Waals surface area contributed by atoms with Crippen molar-refractivity contribution in [3.63, 3.8) is 0 Å². The van der Waals surface area contributed by atoms with Gasteiger partial charge in [-0.3, -0.25) is 4.79 Å². The molecule has 0 aliphatic heterocycles. The fourth-order valence-corrected chi connectivity index (χ4v) is 3.51. The van der Waals surface area contributed by atoms with Crippen molar-refractivity contribution in [2.75, 3.05) is 17.2 Å². The first-order valence-electron chi connectivity index (χ1n) is 6.51. The Kier molecular flexibility index (Phi) is 5.19. The van der Waals surface area contributed by atoms with Crippen LogP contribution < -0.4 is 11.1 Å². The molecule has 2 rings (SSSR count). The van der Waals surface area contributed by atoms with Crippen molar-refractivity contribution in [1.82, 2.24) is 15.3 Å². The molecular weight excluding hydrogens is 292 g/mol. The van der Waals surface area contributed by atoms with Gasteiger partial charge in [-0.05, 0) is 24.9 Å². The van der Waals surface area contributed by atoms with Crippen molar-refractivity contribution in [3.8, 4) is 0 Å². The van der Waals surface area contributed by atoms with Crippen LogP contribution in [0.15, 0.2) is 12.4 Å². The van der Waals surface area contributed by atoms with Gasteiger partial charge >= 0.3 is 0 Å². The molecule has 1 atom stereocenters. The quantitative estimate of drug-likeness (QED) is 0.801. The Bertz CT molecular complexity index is 599. The number of nitrogen functional groups attached to an aromatic ring is 1. The number of aromatic nitrogens is 2. The Balaban J connectivity index is 2.06. The van der Waals surface area contributed by atoms with Crippen molar-refractivity contribution in [2.24, 2.45) is 0 Å². The van der Waals surface area contributed by atoms with Crippen LogP contribution in [0.4, 0.5) is 5.69 Å². The van der Waals surface area contributed by atoms with Crippen molar-refractivity contribution in [3.05, 3.63) is 17.3 Å². The van der Waals surface area contributed by atoms with E-state index in [1.54, 1.807) is 12.4 Å². The van der Waals surface area contributed by atoms with E-state index < -0.39 is 0 Å². The molecule has 0 spiro atoms. The summed E-state index contributed by atoms with van der Waals surface area (Å²) in [5, 5.41) is 2.98. The molecule has 0 fully saturated rings. The van der Waals surface area contributed by atoms with Crippen molar-refractivity contribution < 1.29 is 4.79 Å². The van der Waals surface area contributed by atoms with Crippen LogP contribution in [0.5, 0.6) is 0 Å². The molecule has 2 aromatic heterocycles. The predicted molar refractivity (Wildman–Crippen MR) is 86.4 cm³/mol. The zero-order valence-electron chi connectivity index (χ0n) is 11.5. The Hall–Kier alpha value is -1.34. The second-order valence-electron chi connectivity index (χ2n) is 4.42. The first kappa shape index (κ1) is 15.1. The van der Waals surface area contributed by atoms with E-state index in [2.05, 4.69) is 22.2 Å². The molecule has 1 unspecified atom stereocenters. The van der Waals surface area contributed by atoms with Crippen molar-refractivity contribution in [2.45, 2.75) is 26.3 Å². The summed E-state index contributed by atoms with van der Waals surface area (Å²) in [5.74, 6) is 2.01. The molecule has 0 aliphatic rings. The maximum atomic E-state index is 12.2. The minimum absolute atomic E-state index is 0.132. The number of thioether (sulfide) groups is 1. The Labute approximate surface area is 126 Å². The van der Waals surface area contributed by atoms with Gasteiger partial charge in [-0.25, -0.2) is 9.97 Å². The molecule has 2 heterocycles. The number of nitrogens with one attached hydrogen (secondary N) is 1. The molecule has 3 N–H and O–H groups in total. The summed E-state index contributed by atoms with van der Waals surface area (Å²) in [4.78, 5) is 21.8. The molecule has 0 radical (unpaired) electrons. The van der Waals surface area contributed by atoms with Gasteiger partial charge < -0.3 is 11.1 Å². The first-order chi connectivity index (χ1) is 9.63. The summed E-state index contributed by atoms with van der Waals surface area (Å²) in [6, 6.07) is 0.132. The van der Waals surface area contributed by atoms with Gasteiger partial charge in [-0.15, -0.1) is 11.3 Å². The molecule has 5 nitrogen and oxygen atoms in total. The van der Waals surface area contributed by atoms with Crippen LogP contribution in [0.25, 0.3) is 10.3 Å². The van der Waals surface area contributed by atoms with E-state index in [1.807, 2.05) is 18.7 Å². The number of thiophene rings is 1.